The molecule has 2 rings (SSSR count). The topological polar surface area (TPSA) is 171 Å². The van der Waals surface area contributed by atoms with E-state index in [-0.39, 0.29) is 30.6 Å². The number of imidazole rings is 1. The van der Waals surface area contributed by atoms with E-state index in [1.807, 2.05) is 13.8 Å². The molecule has 0 spiro atoms. The molecule has 4 unspecified atom stereocenters. The Balaban J connectivity index is 2.05. The molecule has 1 aliphatic rings. The minimum Gasteiger partial charge on any atom is -0.480 e. The number of carbonyl (C=O) groups excluding carboxylic acids is 3. The molecule has 1 fully saturated rings. The Morgan fingerprint density at radius 2 is 1.94 bits per heavy atom. The molecule has 0 aliphatic carbocycles. The lowest BCUT2D eigenvalue weighted by Crippen LogP contribution is -2.58. The molecular weight excluding hydrogens is 428 g/mol. The summed E-state index contributed by atoms with van der Waals surface area (Å²) in [4.78, 5) is 58.6. The number of nitrogens with one attached hydrogen (secondary N) is 3. The van der Waals surface area contributed by atoms with Crippen molar-refractivity contribution in [3.05, 3.63) is 18.2 Å². The van der Waals surface area contributed by atoms with Crippen LogP contribution in [0.1, 0.15) is 52.7 Å². The molecule has 6 N–H and O–H groups in total. The average Bonchev–Trinajstić information content (AvgIpc) is 3.41. The highest BCUT2D eigenvalue weighted by atomic mass is 16.4. The Morgan fingerprint density at radius 3 is 2.48 bits per heavy atom. The monoisotopic (exact) mass is 464 g/mol. The van der Waals surface area contributed by atoms with Gasteiger partial charge in [-0.3, -0.25) is 14.4 Å². The number of H-pyrrole nitrogens is 1. The third kappa shape index (κ3) is 7.28. The summed E-state index contributed by atoms with van der Waals surface area (Å²) in [7, 11) is 0. The van der Waals surface area contributed by atoms with E-state index in [0.29, 0.717) is 19.4 Å². The van der Waals surface area contributed by atoms with E-state index in [1.165, 1.54) is 11.2 Å². The van der Waals surface area contributed by atoms with Crippen LogP contribution in [0.2, 0.25) is 0 Å². The van der Waals surface area contributed by atoms with Crippen molar-refractivity contribution in [1.29, 1.82) is 0 Å². The van der Waals surface area contributed by atoms with Gasteiger partial charge < -0.3 is 31.4 Å². The average molecular weight is 465 g/mol. The summed E-state index contributed by atoms with van der Waals surface area (Å²) in [6.45, 7) is 7.67. The molecule has 1 aliphatic heterocycles. The molecule has 2 heterocycles. The zero-order valence-electron chi connectivity index (χ0n) is 19.7. The molecular formula is C22H36N6O5. The maximum Gasteiger partial charge on any atom is 0.326 e. The quantitative estimate of drug-likeness (QED) is 0.307. The first-order valence-electron chi connectivity index (χ1n) is 11.4. The van der Waals surface area contributed by atoms with Crippen LogP contribution in [0.5, 0.6) is 0 Å². The van der Waals surface area contributed by atoms with E-state index in [2.05, 4.69) is 20.6 Å². The van der Waals surface area contributed by atoms with Crippen molar-refractivity contribution in [2.75, 3.05) is 6.54 Å². The smallest absolute Gasteiger partial charge is 0.326 e. The zero-order valence-corrected chi connectivity index (χ0v) is 19.7. The normalized spacial score (nSPS) is 18.8. The predicted octanol–water partition coefficient (Wildman–Crippen LogP) is 0.0268. The molecule has 0 radical (unpaired) electrons. The second kappa shape index (κ2) is 11.8. The number of aromatic amines is 1. The van der Waals surface area contributed by atoms with Crippen LogP contribution in [0, 0.1) is 11.8 Å². The van der Waals surface area contributed by atoms with Crippen LogP contribution in [0.3, 0.4) is 0 Å². The van der Waals surface area contributed by atoms with Gasteiger partial charge in [0.2, 0.25) is 17.7 Å². The fourth-order valence-electron chi connectivity index (χ4n) is 3.98. The Labute approximate surface area is 193 Å². The minimum atomic E-state index is -1.12. The molecule has 33 heavy (non-hydrogen) atoms. The van der Waals surface area contributed by atoms with Crippen LogP contribution < -0.4 is 16.4 Å². The molecule has 184 valence electrons. The van der Waals surface area contributed by atoms with Crippen molar-refractivity contribution in [3.63, 3.8) is 0 Å². The molecule has 1 saturated heterocycles. The summed E-state index contributed by atoms with van der Waals surface area (Å²) in [5.41, 5.74) is 6.80. The molecule has 1 aromatic rings. The third-order valence-electron chi connectivity index (χ3n) is 5.72. The summed E-state index contributed by atoms with van der Waals surface area (Å²) in [5, 5.41) is 14.7. The van der Waals surface area contributed by atoms with Crippen molar-refractivity contribution < 1.29 is 24.3 Å². The number of amides is 3. The molecule has 0 saturated carbocycles. The second-order valence-electron chi connectivity index (χ2n) is 9.34. The predicted molar refractivity (Wildman–Crippen MR) is 121 cm³/mol. The lowest BCUT2D eigenvalue weighted by atomic mass is 10.00. The van der Waals surface area contributed by atoms with E-state index in [9.17, 15) is 24.3 Å². The largest absolute Gasteiger partial charge is 0.480 e. The fraction of sp³-hybridized carbons (Fsp3) is 0.682. The number of hydrogen-bond donors (Lipinski definition) is 5. The van der Waals surface area contributed by atoms with Gasteiger partial charge in [0, 0.05) is 24.9 Å². The van der Waals surface area contributed by atoms with E-state index in [4.69, 9.17) is 5.73 Å². The number of rotatable bonds is 11. The molecule has 4 atom stereocenters. The van der Waals surface area contributed by atoms with Crippen LogP contribution >= 0.6 is 0 Å². The highest BCUT2D eigenvalue weighted by Gasteiger charge is 2.38. The maximum absolute atomic E-state index is 13.1. The van der Waals surface area contributed by atoms with Gasteiger partial charge in [-0.1, -0.05) is 27.7 Å². The Kier molecular flexibility index (Phi) is 9.39. The lowest BCUT2D eigenvalue weighted by Gasteiger charge is -2.29. The van der Waals surface area contributed by atoms with Crippen molar-refractivity contribution in [2.24, 2.45) is 17.6 Å². The van der Waals surface area contributed by atoms with E-state index >= 15 is 0 Å². The Morgan fingerprint density at radius 1 is 1.24 bits per heavy atom. The minimum absolute atomic E-state index is 0.0718. The van der Waals surface area contributed by atoms with Crippen LogP contribution in [0.4, 0.5) is 0 Å². The first-order valence-corrected chi connectivity index (χ1v) is 11.4. The van der Waals surface area contributed by atoms with Crippen LogP contribution in [-0.2, 0) is 25.6 Å². The van der Waals surface area contributed by atoms with Crippen molar-refractivity contribution in [3.8, 4) is 0 Å². The zero-order chi connectivity index (χ0) is 24.7. The number of nitrogens with two attached hydrogens (primary N) is 1. The van der Waals surface area contributed by atoms with Crippen LogP contribution in [-0.4, -0.2) is 74.4 Å². The summed E-state index contributed by atoms with van der Waals surface area (Å²) in [6.07, 6.45) is 4.76. The van der Waals surface area contributed by atoms with E-state index in [0.717, 1.165) is 5.69 Å². The second-order valence-corrected chi connectivity index (χ2v) is 9.34. The number of carbonyl (C=O) groups is 4. The Hall–Kier alpha value is -2.95. The number of likely N-dealkylation sites (tertiary alicyclic amines) is 1. The highest BCUT2D eigenvalue weighted by Crippen LogP contribution is 2.20. The summed E-state index contributed by atoms with van der Waals surface area (Å²) in [5.74, 6) is -2.67. The van der Waals surface area contributed by atoms with Gasteiger partial charge in [0.05, 0.1) is 12.4 Å². The first-order chi connectivity index (χ1) is 15.5. The van der Waals surface area contributed by atoms with Gasteiger partial charge in [0.15, 0.2) is 0 Å². The van der Waals surface area contributed by atoms with Gasteiger partial charge in [-0.15, -0.1) is 0 Å². The standard InChI is InChI=1S/C22H36N6O5/c1-12(2)8-16(22(32)33)26-20(30)18(13(3)4)27-19(29)17-6-5-7-28(17)21(31)15(23)9-14-10-24-11-25-14/h10-13,15-18H,5-9,23H2,1-4H3,(H,24,25)(H,26,30)(H,27,29)(H,32,33). The third-order valence-corrected chi connectivity index (χ3v) is 5.72. The molecule has 3 amide bonds. The highest BCUT2D eigenvalue weighted by molar-refractivity contribution is 5.94. The van der Waals surface area contributed by atoms with Crippen molar-refractivity contribution in [1.82, 2.24) is 25.5 Å². The van der Waals surface area contributed by atoms with Crippen LogP contribution in [0.15, 0.2) is 12.5 Å². The van der Waals surface area contributed by atoms with Gasteiger partial charge in [-0.05, 0) is 31.1 Å². The molecule has 1 aromatic heterocycles. The molecule has 11 heteroatoms. The number of hydrogen-bond acceptors (Lipinski definition) is 6. The first kappa shape index (κ1) is 26.3. The number of carboxylic acids is 1. The number of nitrogens with zero attached hydrogens (tertiary/aromatic N) is 2. The molecule has 0 bridgehead atoms. The lowest BCUT2D eigenvalue weighted by molar-refractivity contribution is -0.143. The molecule has 0 aromatic carbocycles. The van der Waals surface area contributed by atoms with Gasteiger partial charge in [0.25, 0.3) is 0 Å². The van der Waals surface area contributed by atoms with Crippen molar-refractivity contribution in [2.45, 2.75) is 77.5 Å². The summed E-state index contributed by atoms with van der Waals surface area (Å²) in [6, 6.07) is -3.52. The summed E-state index contributed by atoms with van der Waals surface area (Å²) >= 11 is 0. The maximum atomic E-state index is 13.1. The Bertz CT molecular complexity index is 825. The fourth-order valence-corrected chi connectivity index (χ4v) is 3.98. The molecule has 11 nitrogen and oxygen atoms in total. The van der Waals surface area contributed by atoms with Crippen molar-refractivity contribution >= 4 is 23.7 Å². The number of aliphatic carboxylic acids is 1. The van der Waals surface area contributed by atoms with Gasteiger partial charge >= 0.3 is 5.97 Å². The number of carboxylic acid groups (broad SMARTS) is 1. The van der Waals surface area contributed by atoms with E-state index in [1.54, 1.807) is 20.0 Å². The number of aromatic nitrogens is 2. The van der Waals surface area contributed by atoms with Gasteiger partial charge in [0.1, 0.15) is 18.1 Å². The van der Waals surface area contributed by atoms with Crippen LogP contribution in [0.25, 0.3) is 0 Å². The van der Waals surface area contributed by atoms with Gasteiger partial charge in [-0.25, -0.2) is 9.78 Å². The van der Waals surface area contributed by atoms with E-state index < -0.39 is 42.0 Å². The summed E-state index contributed by atoms with van der Waals surface area (Å²) < 4.78 is 0. The van der Waals surface area contributed by atoms with Gasteiger partial charge in [-0.2, -0.15) is 0 Å². The SMILES string of the molecule is CC(C)CC(NC(=O)C(NC(=O)C1CCCN1C(=O)C(N)Cc1cnc[nH]1)C(C)C)C(=O)O.